The quantitative estimate of drug-likeness (QED) is 0.0825. The number of fused-ring (bicyclic) bond motifs is 2. The summed E-state index contributed by atoms with van der Waals surface area (Å²) in [5, 5.41) is 41.7. The van der Waals surface area contributed by atoms with Gasteiger partial charge in [0, 0.05) is 11.5 Å². The number of thiol groups is 1. The van der Waals surface area contributed by atoms with Gasteiger partial charge in [0.2, 0.25) is 11.9 Å². The minimum Gasteiger partial charge on any atom is -0.395 e. The second-order valence-electron chi connectivity index (χ2n) is 9.27. The van der Waals surface area contributed by atoms with Gasteiger partial charge in [-0.25, -0.2) is 19.2 Å². The van der Waals surface area contributed by atoms with Crippen molar-refractivity contribution < 1.29 is 33.7 Å². The molecule has 4 aromatic rings. The smallest absolute Gasteiger partial charge is 0.386 e. The third kappa shape index (κ3) is 5.06. The third-order valence-corrected chi connectivity index (χ3v) is 9.92. The van der Waals surface area contributed by atoms with Gasteiger partial charge in [0.05, 0.1) is 43.5 Å². The molecule has 1 unspecified atom stereocenters. The van der Waals surface area contributed by atoms with Gasteiger partial charge < -0.3 is 31.5 Å². The number of aliphatic hydroxyl groups excluding tert-OH is 3. The van der Waals surface area contributed by atoms with Crippen molar-refractivity contribution in [2.24, 2.45) is 0 Å². The Morgan fingerprint density at radius 3 is 2.85 bits per heavy atom. The standard InChI is InChI=1S/C19H24N11O8PS2/c20-18-25-15-10(16(34)26-18)27-28-29(15)17-13(12(33)9(2-31)41-17)38-39(35,40)37-4-8-11(32)7(3-36-8)6-1-24-30-14(6)22-5-23-19(30)21/h1,5,7-9,11-13,17,31-33H,2-4H2,(H,35,40)(H2,21,22,23)(H3,20,25,26,34)/t7-,8+,9+,11-,12+,13+,17+,39?/m0/s1. The van der Waals surface area contributed by atoms with Crippen molar-refractivity contribution >= 4 is 59.5 Å². The van der Waals surface area contributed by atoms with Crippen LogP contribution in [-0.4, -0.2) is 109 Å². The van der Waals surface area contributed by atoms with Crippen molar-refractivity contribution in [3.8, 4) is 0 Å². The molecule has 8 N–H and O–H groups in total. The molecule has 0 saturated carbocycles. The molecule has 0 bridgehead atoms. The Hall–Kier alpha value is -2.88. The molecule has 0 aromatic carbocycles. The van der Waals surface area contributed by atoms with E-state index in [-0.39, 0.29) is 36.3 Å². The fourth-order valence-electron chi connectivity index (χ4n) is 4.77. The summed E-state index contributed by atoms with van der Waals surface area (Å²) < 4.78 is 32.6. The molecule has 22 heteroatoms. The topological polar surface area (TPSA) is 277 Å². The van der Waals surface area contributed by atoms with Crippen LogP contribution in [0.1, 0.15) is 16.9 Å². The lowest BCUT2D eigenvalue weighted by atomic mass is 9.96. The molecule has 6 heterocycles. The maximum Gasteiger partial charge on any atom is 0.386 e. The normalized spacial score (nSPS) is 29.9. The lowest BCUT2D eigenvalue weighted by Crippen LogP contribution is -2.35. The Balaban J connectivity index is 1.17. The molecule has 2 fully saturated rings. The Bertz CT molecular complexity index is 1700. The summed E-state index contributed by atoms with van der Waals surface area (Å²) in [7, 11) is 0. The number of anilines is 2. The summed E-state index contributed by atoms with van der Waals surface area (Å²) in [6.07, 6.45) is -1.86. The van der Waals surface area contributed by atoms with Gasteiger partial charge in [-0.1, -0.05) is 17.5 Å². The summed E-state index contributed by atoms with van der Waals surface area (Å²) in [6, 6.07) is 0. The Labute approximate surface area is 238 Å². The Kier molecular flexibility index (Phi) is 7.41. The van der Waals surface area contributed by atoms with E-state index in [1.807, 2.05) is 0 Å². The highest BCUT2D eigenvalue weighted by Gasteiger charge is 2.49. The molecule has 19 nitrogen and oxygen atoms in total. The van der Waals surface area contributed by atoms with Crippen LogP contribution >= 0.6 is 30.8 Å². The zero-order valence-electron chi connectivity index (χ0n) is 20.7. The number of hydrogen-bond acceptors (Lipinski definition) is 17. The van der Waals surface area contributed by atoms with Gasteiger partial charge in [-0.2, -0.15) is 14.6 Å². The van der Waals surface area contributed by atoms with Gasteiger partial charge in [-0.3, -0.25) is 18.8 Å². The molecule has 2 aliphatic heterocycles. The summed E-state index contributed by atoms with van der Waals surface area (Å²) in [5.41, 5.74) is 11.7. The highest BCUT2D eigenvalue weighted by atomic mass is 32.7. The Morgan fingerprint density at radius 2 is 2.07 bits per heavy atom. The maximum atomic E-state index is 13.3. The molecule has 6 rings (SSSR count). The lowest BCUT2D eigenvalue weighted by Gasteiger charge is -2.25. The molecule has 2 saturated heterocycles. The van der Waals surface area contributed by atoms with Crippen LogP contribution in [0.15, 0.2) is 17.3 Å². The third-order valence-electron chi connectivity index (χ3n) is 6.78. The molecular formula is C19H24N11O8PS2. The lowest BCUT2D eigenvalue weighted by molar-refractivity contribution is -0.00699. The van der Waals surface area contributed by atoms with E-state index >= 15 is 0 Å². The number of aromatic amines is 1. The van der Waals surface area contributed by atoms with Gasteiger partial charge >= 0.3 is 6.80 Å². The molecule has 8 atom stereocenters. The predicted octanol–water partition coefficient (Wildman–Crippen LogP) is -1.93. The van der Waals surface area contributed by atoms with Crippen molar-refractivity contribution in [3.63, 3.8) is 0 Å². The maximum absolute atomic E-state index is 13.3. The van der Waals surface area contributed by atoms with Crippen LogP contribution < -0.4 is 17.0 Å². The predicted molar refractivity (Wildman–Crippen MR) is 145 cm³/mol. The molecular weight excluding hydrogens is 605 g/mol. The van der Waals surface area contributed by atoms with Crippen molar-refractivity contribution in [2.75, 3.05) is 31.3 Å². The number of nitrogens with one attached hydrogen (secondary N) is 1. The molecule has 220 valence electrons. The van der Waals surface area contributed by atoms with E-state index in [2.05, 4.69) is 47.6 Å². The summed E-state index contributed by atoms with van der Waals surface area (Å²) in [5.74, 6) is -0.605. The van der Waals surface area contributed by atoms with Gasteiger partial charge in [0.25, 0.3) is 5.56 Å². The summed E-state index contributed by atoms with van der Waals surface area (Å²) in [6.45, 7) is -4.96. The number of aromatic nitrogens is 9. The SMILES string of the molecule is Nc1nc2c(nnn2[C@@H]2S[C@H](CO)[C@@H](O)[C@H]2OP(=O)(S)OC[C@H]2OC[C@@H](c3cnn4c(N)ncnc34)[C@@H]2O)c(=O)[nH]1. The first kappa shape index (κ1) is 28.2. The minimum atomic E-state index is -4.22. The van der Waals surface area contributed by atoms with Crippen molar-refractivity contribution in [3.05, 3.63) is 28.4 Å². The van der Waals surface area contributed by atoms with E-state index in [1.54, 1.807) is 0 Å². The molecule has 2 aliphatic rings. The summed E-state index contributed by atoms with van der Waals surface area (Å²) in [4.78, 5) is 26.6. The van der Waals surface area contributed by atoms with Gasteiger partial charge in [-0.05, 0) is 0 Å². The highest BCUT2D eigenvalue weighted by molar-refractivity contribution is 8.44. The fourth-order valence-corrected chi connectivity index (χ4v) is 7.72. The van der Waals surface area contributed by atoms with E-state index in [1.165, 1.54) is 21.7 Å². The zero-order valence-corrected chi connectivity index (χ0v) is 23.3. The van der Waals surface area contributed by atoms with Crippen molar-refractivity contribution in [1.29, 1.82) is 0 Å². The van der Waals surface area contributed by atoms with Crippen LogP contribution in [-0.2, 0) is 18.3 Å². The van der Waals surface area contributed by atoms with Gasteiger partial charge in [-0.15, -0.1) is 16.9 Å². The first-order valence-electron chi connectivity index (χ1n) is 12.0. The Morgan fingerprint density at radius 1 is 1.27 bits per heavy atom. The largest absolute Gasteiger partial charge is 0.395 e. The summed E-state index contributed by atoms with van der Waals surface area (Å²) >= 11 is 5.10. The molecule has 0 spiro atoms. The van der Waals surface area contributed by atoms with Gasteiger partial charge in [0.15, 0.2) is 16.8 Å². The van der Waals surface area contributed by atoms with Crippen LogP contribution in [0.5, 0.6) is 0 Å². The molecule has 4 aromatic heterocycles. The van der Waals surface area contributed by atoms with E-state index < -0.39 is 59.9 Å². The van der Waals surface area contributed by atoms with Crippen LogP contribution in [0.2, 0.25) is 0 Å². The highest BCUT2D eigenvalue weighted by Crippen LogP contribution is 2.58. The second-order valence-corrected chi connectivity index (χ2v) is 13.5. The number of thioether (sulfide) groups is 1. The number of hydrogen-bond donors (Lipinski definition) is 7. The first-order valence-corrected chi connectivity index (χ1v) is 15.7. The van der Waals surface area contributed by atoms with Crippen LogP contribution in [0.25, 0.3) is 16.8 Å². The first-order chi connectivity index (χ1) is 19.6. The van der Waals surface area contributed by atoms with Crippen LogP contribution in [0.4, 0.5) is 11.9 Å². The fraction of sp³-hybridized carbons (Fsp3) is 0.526. The second kappa shape index (κ2) is 10.7. The average Bonchev–Trinajstić information content (AvgIpc) is 3.69. The van der Waals surface area contributed by atoms with E-state index in [0.717, 1.165) is 11.8 Å². The average molecular weight is 630 g/mol. The van der Waals surface area contributed by atoms with E-state index in [9.17, 15) is 24.7 Å². The number of nitrogen functional groups attached to an aromatic ring is 2. The number of nitrogens with zero attached hydrogens (tertiary/aromatic N) is 8. The molecule has 0 radical (unpaired) electrons. The van der Waals surface area contributed by atoms with Gasteiger partial charge in [0.1, 0.15) is 23.9 Å². The number of aliphatic hydroxyl groups is 3. The minimum absolute atomic E-state index is 0.00806. The van der Waals surface area contributed by atoms with Crippen molar-refractivity contribution in [1.82, 2.24) is 44.5 Å². The van der Waals surface area contributed by atoms with Crippen LogP contribution in [0.3, 0.4) is 0 Å². The monoisotopic (exact) mass is 629 g/mol. The molecule has 0 aliphatic carbocycles. The number of rotatable bonds is 8. The number of H-pyrrole nitrogens is 1. The van der Waals surface area contributed by atoms with E-state index in [4.69, 9.17) is 25.3 Å². The van der Waals surface area contributed by atoms with Crippen molar-refractivity contribution in [2.45, 2.75) is 41.0 Å². The number of nitrogens with two attached hydrogens (primary N) is 2. The zero-order chi connectivity index (χ0) is 29.1. The van der Waals surface area contributed by atoms with E-state index in [0.29, 0.717) is 11.2 Å². The molecule has 41 heavy (non-hydrogen) atoms. The van der Waals surface area contributed by atoms with Crippen LogP contribution in [0, 0.1) is 0 Å². The molecule has 0 amide bonds. The number of ether oxygens (including phenoxy) is 1.